The van der Waals surface area contributed by atoms with Crippen LogP contribution in [0.25, 0.3) is 0 Å². The van der Waals surface area contributed by atoms with Gasteiger partial charge >= 0.3 is 0 Å². The number of ether oxygens (including phenoxy) is 1. The molecular weight excluding hydrogens is 240 g/mol. The van der Waals surface area contributed by atoms with Crippen molar-refractivity contribution in [3.05, 3.63) is 47.3 Å². The summed E-state index contributed by atoms with van der Waals surface area (Å²) in [6, 6.07) is 8.05. The van der Waals surface area contributed by atoms with E-state index < -0.39 is 5.60 Å². The third-order valence-corrected chi connectivity index (χ3v) is 3.94. The van der Waals surface area contributed by atoms with E-state index in [9.17, 15) is 5.11 Å². The summed E-state index contributed by atoms with van der Waals surface area (Å²) < 4.78 is 7.20. The zero-order chi connectivity index (χ0) is 13.5. The molecule has 0 saturated carbocycles. The quantitative estimate of drug-likeness (QED) is 0.917. The minimum Gasteiger partial charge on any atom is -0.493 e. The molecule has 0 bridgehead atoms. The van der Waals surface area contributed by atoms with Crippen LogP contribution in [0.4, 0.5) is 0 Å². The van der Waals surface area contributed by atoms with Gasteiger partial charge in [-0.3, -0.25) is 4.68 Å². The largest absolute Gasteiger partial charge is 0.493 e. The van der Waals surface area contributed by atoms with E-state index in [0.29, 0.717) is 18.7 Å². The minimum absolute atomic E-state index is 0.654. The summed E-state index contributed by atoms with van der Waals surface area (Å²) in [5.41, 5.74) is 1.95. The summed E-state index contributed by atoms with van der Waals surface area (Å²) >= 11 is 0. The van der Waals surface area contributed by atoms with Crippen LogP contribution in [0.2, 0.25) is 0 Å². The van der Waals surface area contributed by atoms with Crippen LogP contribution in [-0.4, -0.2) is 22.0 Å². The average molecular weight is 258 g/mol. The molecule has 1 atom stereocenters. The van der Waals surface area contributed by atoms with Crippen LogP contribution in [0.3, 0.4) is 0 Å². The Hall–Kier alpha value is -1.81. The highest BCUT2D eigenvalue weighted by atomic mass is 16.5. The van der Waals surface area contributed by atoms with E-state index in [0.717, 1.165) is 17.7 Å². The van der Waals surface area contributed by atoms with E-state index in [1.807, 2.05) is 29.8 Å². The van der Waals surface area contributed by atoms with Gasteiger partial charge in [-0.1, -0.05) is 24.3 Å². The Kier molecular flexibility index (Phi) is 2.82. The Morgan fingerprint density at radius 3 is 2.95 bits per heavy atom. The van der Waals surface area contributed by atoms with E-state index >= 15 is 0 Å². The monoisotopic (exact) mass is 258 g/mol. The molecule has 3 rings (SSSR count). The van der Waals surface area contributed by atoms with Crippen molar-refractivity contribution in [1.82, 2.24) is 9.78 Å². The molecular formula is C15H18N2O2. The molecule has 0 saturated heterocycles. The van der Waals surface area contributed by atoms with Crippen LogP contribution < -0.4 is 4.74 Å². The molecule has 2 aromatic rings. The number of aryl methyl sites for hydroxylation is 2. The lowest BCUT2D eigenvalue weighted by molar-refractivity contribution is 0.0700. The molecule has 1 unspecified atom stereocenters. The van der Waals surface area contributed by atoms with Gasteiger partial charge in [0.15, 0.2) is 5.75 Å². The second kappa shape index (κ2) is 4.38. The van der Waals surface area contributed by atoms with Gasteiger partial charge in [0.1, 0.15) is 11.3 Å². The molecule has 0 aliphatic heterocycles. The Balaban J connectivity index is 2.20. The fourth-order valence-corrected chi connectivity index (χ4v) is 3.01. The average Bonchev–Trinajstić information content (AvgIpc) is 3.01. The molecule has 100 valence electrons. The van der Waals surface area contributed by atoms with E-state index in [1.54, 1.807) is 13.3 Å². The molecule has 0 radical (unpaired) electrons. The highest BCUT2D eigenvalue weighted by molar-refractivity contribution is 5.47. The number of aliphatic hydroxyl groups is 1. The molecule has 19 heavy (non-hydrogen) atoms. The second-order valence-corrected chi connectivity index (χ2v) is 4.89. The van der Waals surface area contributed by atoms with E-state index in [4.69, 9.17) is 4.74 Å². The van der Waals surface area contributed by atoms with Crippen molar-refractivity contribution >= 4 is 0 Å². The summed E-state index contributed by atoms with van der Waals surface area (Å²) in [5, 5.41) is 15.5. The molecule has 1 aliphatic rings. The smallest absolute Gasteiger partial charge is 0.163 e. The SMILES string of the molecule is CCn1ncc(OC)c1C1(O)CCc2ccccc21. The van der Waals surface area contributed by atoms with Crippen molar-refractivity contribution in [1.29, 1.82) is 0 Å². The third-order valence-electron chi connectivity index (χ3n) is 3.94. The van der Waals surface area contributed by atoms with Gasteiger partial charge in [0.25, 0.3) is 0 Å². The zero-order valence-electron chi connectivity index (χ0n) is 11.3. The lowest BCUT2D eigenvalue weighted by Gasteiger charge is -2.26. The number of hydrogen-bond acceptors (Lipinski definition) is 3. The summed E-state index contributed by atoms with van der Waals surface area (Å²) in [6.07, 6.45) is 3.23. The van der Waals surface area contributed by atoms with Crippen molar-refractivity contribution in [2.75, 3.05) is 7.11 Å². The van der Waals surface area contributed by atoms with Crippen LogP contribution in [0.1, 0.15) is 30.2 Å². The number of hydrogen-bond donors (Lipinski definition) is 1. The Morgan fingerprint density at radius 1 is 1.42 bits per heavy atom. The molecule has 1 heterocycles. The molecule has 4 heteroatoms. The fourth-order valence-electron chi connectivity index (χ4n) is 3.01. The molecule has 0 amide bonds. The van der Waals surface area contributed by atoms with Crippen molar-refractivity contribution < 1.29 is 9.84 Å². The van der Waals surface area contributed by atoms with Crippen molar-refractivity contribution in [3.63, 3.8) is 0 Å². The molecule has 1 aromatic carbocycles. The van der Waals surface area contributed by atoms with Crippen LogP contribution in [0.15, 0.2) is 30.5 Å². The van der Waals surface area contributed by atoms with E-state index in [2.05, 4.69) is 11.2 Å². The fraction of sp³-hybridized carbons (Fsp3) is 0.400. The Labute approximate surface area is 112 Å². The number of rotatable bonds is 3. The summed E-state index contributed by atoms with van der Waals surface area (Å²) in [7, 11) is 1.62. The maximum atomic E-state index is 11.2. The third kappa shape index (κ3) is 1.67. The van der Waals surface area contributed by atoms with Gasteiger partial charge in [-0.05, 0) is 30.9 Å². The standard InChI is InChI=1S/C15H18N2O2/c1-3-17-14(13(19-2)10-16-17)15(18)9-8-11-6-4-5-7-12(11)15/h4-7,10,18H,3,8-9H2,1-2H3. The van der Waals surface area contributed by atoms with Crippen LogP contribution in [0, 0.1) is 0 Å². The van der Waals surface area contributed by atoms with Gasteiger partial charge in [-0.25, -0.2) is 0 Å². The first-order valence-electron chi connectivity index (χ1n) is 6.61. The van der Waals surface area contributed by atoms with Crippen molar-refractivity contribution in [2.24, 2.45) is 0 Å². The van der Waals surface area contributed by atoms with Gasteiger partial charge < -0.3 is 9.84 Å². The minimum atomic E-state index is -0.992. The topological polar surface area (TPSA) is 47.3 Å². The van der Waals surface area contributed by atoms with Gasteiger partial charge in [0.05, 0.1) is 13.3 Å². The highest BCUT2D eigenvalue weighted by Gasteiger charge is 2.42. The van der Waals surface area contributed by atoms with Crippen molar-refractivity contribution in [2.45, 2.75) is 31.9 Å². The predicted octanol–water partition coefficient (Wildman–Crippen LogP) is 2.09. The van der Waals surface area contributed by atoms with Crippen LogP contribution in [0.5, 0.6) is 5.75 Å². The second-order valence-electron chi connectivity index (χ2n) is 4.89. The summed E-state index contributed by atoms with van der Waals surface area (Å²) in [4.78, 5) is 0. The number of methoxy groups -OCH3 is 1. The summed E-state index contributed by atoms with van der Waals surface area (Å²) in [6.45, 7) is 2.73. The van der Waals surface area contributed by atoms with Crippen molar-refractivity contribution in [3.8, 4) is 5.75 Å². The molecule has 4 nitrogen and oxygen atoms in total. The Bertz CT molecular complexity index is 584. The lowest BCUT2D eigenvalue weighted by Crippen LogP contribution is -2.28. The van der Waals surface area contributed by atoms with E-state index in [1.165, 1.54) is 5.56 Å². The molecule has 0 fully saturated rings. The first kappa shape index (κ1) is 12.2. The predicted molar refractivity (Wildman–Crippen MR) is 72.2 cm³/mol. The number of nitrogens with zero attached hydrogens (tertiary/aromatic N) is 2. The van der Waals surface area contributed by atoms with Crippen LogP contribution in [-0.2, 0) is 18.6 Å². The molecule has 1 N–H and O–H groups in total. The number of aromatic nitrogens is 2. The molecule has 0 spiro atoms. The maximum Gasteiger partial charge on any atom is 0.163 e. The van der Waals surface area contributed by atoms with E-state index in [-0.39, 0.29) is 0 Å². The zero-order valence-corrected chi connectivity index (χ0v) is 11.3. The van der Waals surface area contributed by atoms with Crippen LogP contribution >= 0.6 is 0 Å². The van der Waals surface area contributed by atoms with Gasteiger partial charge in [0, 0.05) is 6.54 Å². The summed E-state index contributed by atoms with van der Waals surface area (Å²) in [5.74, 6) is 0.654. The van der Waals surface area contributed by atoms with Gasteiger partial charge in [0.2, 0.25) is 0 Å². The number of fused-ring (bicyclic) bond motifs is 1. The first-order chi connectivity index (χ1) is 9.20. The normalized spacial score (nSPS) is 21.4. The Morgan fingerprint density at radius 2 is 2.21 bits per heavy atom. The maximum absolute atomic E-state index is 11.2. The molecule has 1 aromatic heterocycles. The van der Waals surface area contributed by atoms with Gasteiger partial charge in [-0.2, -0.15) is 5.10 Å². The molecule has 1 aliphatic carbocycles. The first-order valence-corrected chi connectivity index (χ1v) is 6.61. The number of benzene rings is 1. The highest BCUT2D eigenvalue weighted by Crippen LogP contribution is 2.44. The van der Waals surface area contributed by atoms with Gasteiger partial charge in [-0.15, -0.1) is 0 Å². The lowest BCUT2D eigenvalue weighted by atomic mass is 9.91.